The first kappa shape index (κ1) is 22.0. The number of carbonyl (C=O) groups is 1. The molecule has 0 amide bonds. The van der Waals surface area contributed by atoms with Gasteiger partial charge in [0.2, 0.25) is 0 Å². The van der Waals surface area contributed by atoms with Crippen LogP contribution in [-0.2, 0) is 26.9 Å². The second kappa shape index (κ2) is 8.78. The molecule has 152 valence electrons. The van der Waals surface area contributed by atoms with E-state index in [1.165, 1.54) is 7.11 Å². The Hall–Kier alpha value is -2.33. The second-order valence-electron chi connectivity index (χ2n) is 6.50. The third kappa shape index (κ3) is 4.22. The van der Waals surface area contributed by atoms with E-state index in [1.807, 2.05) is 6.07 Å². The van der Waals surface area contributed by atoms with Crippen molar-refractivity contribution in [2.75, 3.05) is 13.7 Å². The molecule has 1 aliphatic rings. The molecule has 28 heavy (non-hydrogen) atoms. The summed E-state index contributed by atoms with van der Waals surface area (Å²) in [6.07, 6.45) is 1.98. The maximum absolute atomic E-state index is 12.1. The zero-order valence-corrected chi connectivity index (χ0v) is 17.2. The number of allylic oxidation sites excluding steroid dienone is 2. The van der Waals surface area contributed by atoms with Crippen molar-refractivity contribution in [2.45, 2.75) is 45.9 Å². The lowest BCUT2D eigenvalue weighted by Crippen LogP contribution is -2.09. The topological polar surface area (TPSA) is 126 Å². The Morgan fingerprint density at radius 2 is 2.18 bits per heavy atom. The third-order valence-corrected chi connectivity index (χ3v) is 6.39. The van der Waals surface area contributed by atoms with Gasteiger partial charge in [-0.3, -0.25) is 4.57 Å². The van der Waals surface area contributed by atoms with Gasteiger partial charge in [0, 0.05) is 11.1 Å². The number of aromatic hydroxyl groups is 1. The van der Waals surface area contributed by atoms with Crippen LogP contribution in [0.15, 0.2) is 11.6 Å². The molecule has 1 aromatic carbocycles. The molecule has 1 aliphatic heterocycles. The summed E-state index contributed by atoms with van der Waals surface area (Å²) >= 11 is 0. The van der Waals surface area contributed by atoms with E-state index >= 15 is 0 Å². The van der Waals surface area contributed by atoms with Gasteiger partial charge in [0.15, 0.2) is 5.66 Å². The molecule has 0 radical (unpaired) electrons. The highest BCUT2D eigenvalue weighted by atomic mass is 31.2. The van der Waals surface area contributed by atoms with E-state index in [-0.39, 0.29) is 37.4 Å². The van der Waals surface area contributed by atoms with Crippen LogP contribution in [0.25, 0.3) is 0 Å². The van der Waals surface area contributed by atoms with Gasteiger partial charge < -0.3 is 24.0 Å². The highest BCUT2D eigenvalue weighted by Gasteiger charge is 2.33. The molecule has 9 heteroatoms. The molecule has 0 spiro atoms. The van der Waals surface area contributed by atoms with E-state index in [1.54, 1.807) is 26.8 Å². The summed E-state index contributed by atoms with van der Waals surface area (Å²) in [4.78, 5) is 21.8. The van der Waals surface area contributed by atoms with Crippen molar-refractivity contribution < 1.29 is 33.4 Å². The first-order chi connectivity index (χ1) is 13.2. The number of carbonyl (C=O) groups excluding carboxylic acids is 1. The van der Waals surface area contributed by atoms with E-state index in [0.29, 0.717) is 28.0 Å². The smallest absolute Gasteiger partial charge is 0.345 e. The number of fused-ring (bicyclic) bond motifs is 1. The number of ether oxygens (including phenoxy) is 2. The molecule has 1 heterocycles. The lowest BCUT2D eigenvalue weighted by molar-refractivity contribution is 0.0533. The minimum Gasteiger partial charge on any atom is -0.507 e. The summed E-state index contributed by atoms with van der Waals surface area (Å²) in [5.74, 6) is -0.316. The fourth-order valence-electron chi connectivity index (χ4n) is 3.20. The van der Waals surface area contributed by atoms with E-state index < -0.39 is 19.2 Å². The van der Waals surface area contributed by atoms with Crippen LogP contribution >= 0.6 is 7.60 Å². The van der Waals surface area contributed by atoms with Gasteiger partial charge in [0.05, 0.1) is 19.8 Å². The maximum Gasteiger partial charge on any atom is 0.345 e. The first-order valence-electron chi connectivity index (χ1n) is 8.78. The Morgan fingerprint density at radius 1 is 1.50 bits per heavy atom. The molecular weight excluding hydrogens is 385 g/mol. The number of phenolic OH excluding ortho intramolecular Hbond substituents is 1. The van der Waals surface area contributed by atoms with Crippen molar-refractivity contribution in [1.82, 2.24) is 0 Å². The van der Waals surface area contributed by atoms with Crippen LogP contribution in [0.5, 0.6) is 11.5 Å². The van der Waals surface area contributed by atoms with Crippen molar-refractivity contribution in [3.8, 4) is 17.6 Å². The summed E-state index contributed by atoms with van der Waals surface area (Å²) in [5.41, 5.74) is 1.37. The van der Waals surface area contributed by atoms with E-state index in [9.17, 15) is 24.6 Å². The SMILES string of the molecule is CCOP(=O)(O)C(C#N)C/C(C)=C/Cc1c(O)c2c(c(C)c1OC)COC2=O. The van der Waals surface area contributed by atoms with Crippen LogP contribution in [0.1, 0.15) is 47.3 Å². The molecule has 0 saturated heterocycles. The predicted octanol–water partition coefficient (Wildman–Crippen LogP) is 3.37. The van der Waals surface area contributed by atoms with Crippen molar-refractivity contribution >= 4 is 13.6 Å². The number of nitriles is 1. The largest absolute Gasteiger partial charge is 0.507 e. The Morgan fingerprint density at radius 3 is 2.75 bits per heavy atom. The standard InChI is InChI=1S/C19H24NO7P/c1-5-27-28(23,24)13(9-20)8-11(2)6-7-14-17(21)16-15(10-26-19(16)22)12(3)18(14)25-4/h6,13,21H,5,7-8,10H2,1-4H3,(H,23,24)/b11-6+. The van der Waals surface area contributed by atoms with Gasteiger partial charge in [-0.05, 0) is 39.2 Å². The molecule has 0 aliphatic carbocycles. The zero-order chi connectivity index (χ0) is 21.1. The third-order valence-electron chi connectivity index (χ3n) is 4.67. The number of phenols is 1. The van der Waals surface area contributed by atoms with Gasteiger partial charge in [-0.15, -0.1) is 0 Å². The minimum absolute atomic E-state index is 0.0320. The fraction of sp³-hybridized carbons (Fsp3) is 0.474. The Bertz CT molecular complexity index is 901. The van der Waals surface area contributed by atoms with Crippen molar-refractivity contribution in [1.29, 1.82) is 5.26 Å². The normalized spacial score (nSPS) is 16.7. The van der Waals surface area contributed by atoms with Gasteiger partial charge >= 0.3 is 13.6 Å². The zero-order valence-electron chi connectivity index (χ0n) is 16.3. The molecule has 0 bridgehead atoms. The lowest BCUT2D eigenvalue weighted by atomic mass is 9.94. The fourth-order valence-corrected chi connectivity index (χ4v) is 4.42. The van der Waals surface area contributed by atoms with Crippen LogP contribution in [0.2, 0.25) is 0 Å². The van der Waals surface area contributed by atoms with Gasteiger partial charge in [0.1, 0.15) is 23.7 Å². The molecule has 0 saturated carbocycles. The number of hydrogen-bond acceptors (Lipinski definition) is 7. The van der Waals surface area contributed by atoms with Crippen molar-refractivity contribution in [2.24, 2.45) is 0 Å². The van der Waals surface area contributed by atoms with Crippen LogP contribution in [0.4, 0.5) is 0 Å². The van der Waals surface area contributed by atoms with E-state index in [2.05, 4.69) is 0 Å². The Balaban J connectivity index is 2.32. The quantitative estimate of drug-likeness (QED) is 0.380. The molecule has 2 rings (SSSR count). The summed E-state index contributed by atoms with van der Waals surface area (Å²) in [7, 11) is -2.57. The molecular formula is C19H24NO7P. The average Bonchev–Trinajstić information content (AvgIpc) is 3.03. The monoisotopic (exact) mass is 409 g/mol. The lowest BCUT2D eigenvalue weighted by Gasteiger charge is -2.17. The van der Waals surface area contributed by atoms with Crippen molar-refractivity contribution in [3.63, 3.8) is 0 Å². The summed E-state index contributed by atoms with van der Waals surface area (Å²) in [5, 5.41) is 19.8. The number of rotatable bonds is 8. The first-order valence-corrected chi connectivity index (χ1v) is 10.4. The summed E-state index contributed by atoms with van der Waals surface area (Å²) < 4.78 is 27.4. The minimum atomic E-state index is -4.04. The van der Waals surface area contributed by atoms with Gasteiger partial charge in [0.25, 0.3) is 0 Å². The predicted molar refractivity (Wildman–Crippen MR) is 101 cm³/mol. The molecule has 8 nitrogen and oxygen atoms in total. The molecule has 2 atom stereocenters. The van der Waals surface area contributed by atoms with Crippen LogP contribution in [0, 0.1) is 18.3 Å². The molecule has 1 aromatic rings. The number of nitrogens with zero attached hydrogens (tertiary/aromatic N) is 1. The number of benzene rings is 1. The van der Waals surface area contributed by atoms with Crippen LogP contribution in [-0.4, -0.2) is 35.3 Å². The van der Waals surface area contributed by atoms with Crippen LogP contribution in [0.3, 0.4) is 0 Å². The highest BCUT2D eigenvalue weighted by Crippen LogP contribution is 2.49. The highest BCUT2D eigenvalue weighted by molar-refractivity contribution is 7.54. The van der Waals surface area contributed by atoms with Crippen LogP contribution < -0.4 is 4.74 Å². The Kier molecular flexibility index (Phi) is 6.89. The van der Waals surface area contributed by atoms with Gasteiger partial charge in [-0.1, -0.05) is 11.6 Å². The van der Waals surface area contributed by atoms with E-state index in [4.69, 9.17) is 14.0 Å². The Labute approximate surface area is 163 Å². The molecule has 0 aromatic heterocycles. The average molecular weight is 409 g/mol. The van der Waals surface area contributed by atoms with Gasteiger partial charge in [-0.2, -0.15) is 5.26 Å². The summed E-state index contributed by atoms with van der Waals surface area (Å²) in [6, 6.07) is 1.82. The molecule has 2 N–H and O–H groups in total. The number of cyclic esters (lactones) is 1. The maximum atomic E-state index is 12.1. The summed E-state index contributed by atoms with van der Waals surface area (Å²) in [6.45, 7) is 5.20. The van der Waals surface area contributed by atoms with E-state index in [0.717, 1.165) is 0 Å². The molecule has 2 unspecified atom stereocenters. The number of esters is 1. The second-order valence-corrected chi connectivity index (χ2v) is 8.51. The number of hydrogen-bond donors (Lipinski definition) is 2. The van der Waals surface area contributed by atoms with Gasteiger partial charge in [-0.25, -0.2) is 4.79 Å². The number of methoxy groups -OCH3 is 1. The van der Waals surface area contributed by atoms with Crippen molar-refractivity contribution in [3.05, 3.63) is 33.9 Å². The molecule has 0 fully saturated rings.